The van der Waals surface area contributed by atoms with Crippen LogP contribution in [-0.2, 0) is 13.1 Å². The lowest BCUT2D eigenvalue weighted by Crippen LogP contribution is -2.17. The second-order valence-corrected chi connectivity index (χ2v) is 5.49. The molecule has 1 aliphatic heterocycles. The van der Waals surface area contributed by atoms with Crippen molar-refractivity contribution in [3.63, 3.8) is 0 Å². The van der Waals surface area contributed by atoms with Crippen molar-refractivity contribution in [2.75, 3.05) is 19.5 Å². The van der Waals surface area contributed by atoms with E-state index in [1.54, 1.807) is 18.7 Å². The minimum Gasteiger partial charge on any atom is -0.486 e. The van der Waals surface area contributed by atoms with E-state index in [2.05, 4.69) is 21.7 Å². The molecule has 0 radical (unpaired) electrons. The molecule has 0 unspecified atom stereocenters. The van der Waals surface area contributed by atoms with E-state index < -0.39 is 0 Å². The Labute approximate surface area is 127 Å². The normalized spacial score (nSPS) is 13.4. The predicted molar refractivity (Wildman–Crippen MR) is 78.8 cm³/mol. The van der Waals surface area contributed by atoms with Crippen LogP contribution in [-0.4, -0.2) is 29.6 Å². The van der Waals surface area contributed by atoms with Crippen LogP contribution in [0.1, 0.15) is 17.3 Å². The average Bonchev–Trinajstić information content (AvgIpc) is 2.92. The molecule has 0 bridgehead atoms. The third kappa shape index (κ3) is 3.30. The van der Waals surface area contributed by atoms with Gasteiger partial charge in [0.05, 0.1) is 6.54 Å². The van der Waals surface area contributed by atoms with Crippen LogP contribution in [0.4, 0.5) is 0 Å². The van der Waals surface area contributed by atoms with Crippen LogP contribution in [0.25, 0.3) is 0 Å². The average molecular weight is 307 g/mol. The zero-order chi connectivity index (χ0) is 14.7. The highest BCUT2D eigenvalue weighted by Gasteiger charge is 2.15. The molecule has 1 N–H and O–H groups in total. The Kier molecular flexibility index (Phi) is 4.31. The number of hydrogen-bond donors (Lipinski definition) is 1. The van der Waals surface area contributed by atoms with Gasteiger partial charge in [0.25, 0.3) is 0 Å². The smallest absolute Gasteiger partial charge is 0.223 e. The zero-order valence-electron chi connectivity index (χ0n) is 12.0. The summed E-state index contributed by atoms with van der Waals surface area (Å²) in [5, 5.41) is 7.18. The number of fused-ring (bicyclic) bond motifs is 1. The van der Waals surface area contributed by atoms with Crippen molar-refractivity contribution in [2.45, 2.75) is 24.9 Å². The Morgan fingerprint density at radius 3 is 2.62 bits per heavy atom. The summed E-state index contributed by atoms with van der Waals surface area (Å²) in [4.78, 5) is 5.34. The first-order chi connectivity index (χ1) is 10.3. The van der Waals surface area contributed by atoms with Crippen molar-refractivity contribution < 1.29 is 14.0 Å². The van der Waals surface area contributed by atoms with Crippen molar-refractivity contribution in [3.8, 4) is 11.5 Å². The molecule has 1 aromatic heterocycles. The van der Waals surface area contributed by atoms with Crippen LogP contribution in [0.2, 0.25) is 0 Å². The molecule has 0 fully saturated rings. The summed E-state index contributed by atoms with van der Waals surface area (Å²) in [6, 6.07) is 4.07. The van der Waals surface area contributed by atoms with E-state index in [9.17, 15) is 0 Å². The van der Waals surface area contributed by atoms with Crippen molar-refractivity contribution in [1.29, 1.82) is 0 Å². The van der Waals surface area contributed by atoms with E-state index in [4.69, 9.17) is 14.0 Å². The van der Waals surface area contributed by atoms with Gasteiger partial charge in [0.2, 0.25) is 5.89 Å². The van der Waals surface area contributed by atoms with Gasteiger partial charge in [-0.3, -0.25) is 0 Å². The Hall–Kier alpha value is -1.73. The van der Waals surface area contributed by atoms with Gasteiger partial charge < -0.3 is 19.3 Å². The lowest BCUT2D eigenvalue weighted by Gasteiger charge is -2.20. The minimum absolute atomic E-state index is 0.569. The summed E-state index contributed by atoms with van der Waals surface area (Å²) in [5.41, 5.74) is 1.17. The lowest BCUT2D eigenvalue weighted by atomic mass is 10.2. The first-order valence-electron chi connectivity index (χ1n) is 6.72. The van der Waals surface area contributed by atoms with Crippen LogP contribution in [0.15, 0.2) is 21.6 Å². The maximum atomic E-state index is 5.63. The van der Waals surface area contributed by atoms with Gasteiger partial charge in [-0.2, -0.15) is 4.98 Å². The fourth-order valence-corrected chi connectivity index (χ4v) is 2.78. The van der Waals surface area contributed by atoms with E-state index in [-0.39, 0.29) is 0 Å². The van der Waals surface area contributed by atoms with Gasteiger partial charge in [-0.1, -0.05) is 5.16 Å². The molecule has 0 spiro atoms. The number of nitrogens with zero attached hydrogens (tertiary/aromatic N) is 2. The molecule has 3 rings (SSSR count). The van der Waals surface area contributed by atoms with Crippen LogP contribution in [0.5, 0.6) is 11.5 Å². The molecule has 0 saturated carbocycles. The predicted octanol–water partition coefficient (Wildman–Crippen LogP) is 2.16. The summed E-state index contributed by atoms with van der Waals surface area (Å²) in [5.74, 6) is 2.88. The molecular weight excluding hydrogens is 290 g/mol. The molecule has 2 aromatic rings. The van der Waals surface area contributed by atoms with Crippen LogP contribution >= 0.6 is 11.8 Å². The molecule has 21 heavy (non-hydrogen) atoms. The maximum Gasteiger partial charge on any atom is 0.223 e. The van der Waals surface area contributed by atoms with Gasteiger partial charge in [-0.05, 0) is 24.0 Å². The molecule has 0 amide bonds. The summed E-state index contributed by atoms with van der Waals surface area (Å²) < 4.78 is 16.2. The van der Waals surface area contributed by atoms with Crippen LogP contribution in [0, 0.1) is 6.92 Å². The Balaban J connectivity index is 1.69. The molecule has 2 heterocycles. The molecule has 0 atom stereocenters. The Bertz CT molecular complexity index is 630. The number of benzene rings is 1. The van der Waals surface area contributed by atoms with Crippen LogP contribution in [0.3, 0.4) is 0 Å². The highest BCUT2D eigenvalue weighted by molar-refractivity contribution is 7.98. The SMILES string of the molecule is CSc1cc2c(cc1CNCc1noc(C)n1)OCCO2. The second kappa shape index (κ2) is 6.36. The topological polar surface area (TPSA) is 69.4 Å². The van der Waals surface area contributed by atoms with Crippen LogP contribution < -0.4 is 14.8 Å². The molecule has 0 saturated heterocycles. The van der Waals surface area contributed by atoms with Gasteiger partial charge in [-0.25, -0.2) is 0 Å². The maximum absolute atomic E-state index is 5.63. The zero-order valence-corrected chi connectivity index (χ0v) is 12.8. The number of thioether (sulfide) groups is 1. The third-order valence-electron chi connectivity index (χ3n) is 3.11. The fraction of sp³-hybridized carbons (Fsp3) is 0.429. The first-order valence-corrected chi connectivity index (χ1v) is 7.95. The number of ether oxygens (including phenoxy) is 2. The number of nitrogens with one attached hydrogen (secondary N) is 1. The van der Waals surface area contributed by atoms with Crippen molar-refractivity contribution in [3.05, 3.63) is 29.4 Å². The van der Waals surface area contributed by atoms with Gasteiger partial charge in [-0.15, -0.1) is 11.8 Å². The Morgan fingerprint density at radius 2 is 1.95 bits per heavy atom. The summed E-state index contributed by atoms with van der Waals surface area (Å²) >= 11 is 1.69. The van der Waals surface area contributed by atoms with Gasteiger partial charge >= 0.3 is 0 Å². The summed E-state index contributed by atoms with van der Waals surface area (Å²) in [7, 11) is 0. The Morgan fingerprint density at radius 1 is 1.19 bits per heavy atom. The van der Waals surface area contributed by atoms with E-state index in [0.717, 1.165) is 11.5 Å². The fourth-order valence-electron chi connectivity index (χ4n) is 2.16. The van der Waals surface area contributed by atoms with Crippen molar-refractivity contribution >= 4 is 11.8 Å². The highest BCUT2D eigenvalue weighted by atomic mass is 32.2. The van der Waals surface area contributed by atoms with Gasteiger partial charge in [0, 0.05) is 18.4 Å². The number of aromatic nitrogens is 2. The lowest BCUT2D eigenvalue weighted by molar-refractivity contribution is 0.171. The molecule has 7 heteroatoms. The largest absolute Gasteiger partial charge is 0.486 e. The standard InChI is InChI=1S/C14H17N3O3S/c1-9-16-14(17-20-9)8-15-7-10-5-11-12(6-13(10)21-2)19-4-3-18-11/h5-6,15H,3-4,7-8H2,1-2H3. The molecular formula is C14H17N3O3S. The van der Waals surface area contributed by atoms with Crippen molar-refractivity contribution in [2.24, 2.45) is 0 Å². The van der Waals surface area contributed by atoms with E-state index in [0.29, 0.717) is 38.0 Å². The summed E-state index contributed by atoms with van der Waals surface area (Å²) in [6.45, 7) is 4.26. The van der Waals surface area contributed by atoms with E-state index in [1.807, 2.05) is 12.1 Å². The number of aryl methyl sites for hydroxylation is 1. The quantitative estimate of drug-likeness (QED) is 0.849. The first kappa shape index (κ1) is 14.2. The van der Waals surface area contributed by atoms with Crippen molar-refractivity contribution in [1.82, 2.24) is 15.5 Å². The summed E-state index contributed by atoms with van der Waals surface area (Å²) in [6.07, 6.45) is 2.05. The minimum atomic E-state index is 0.569. The molecule has 0 aliphatic carbocycles. The third-order valence-corrected chi connectivity index (χ3v) is 3.93. The van der Waals surface area contributed by atoms with Gasteiger partial charge in [0.15, 0.2) is 17.3 Å². The monoisotopic (exact) mass is 307 g/mol. The number of hydrogen-bond acceptors (Lipinski definition) is 7. The molecule has 112 valence electrons. The van der Waals surface area contributed by atoms with E-state index >= 15 is 0 Å². The van der Waals surface area contributed by atoms with E-state index in [1.165, 1.54) is 10.5 Å². The number of rotatable bonds is 5. The molecule has 6 nitrogen and oxygen atoms in total. The second-order valence-electron chi connectivity index (χ2n) is 4.64. The molecule has 1 aliphatic rings. The van der Waals surface area contributed by atoms with Gasteiger partial charge in [0.1, 0.15) is 13.2 Å². The highest BCUT2D eigenvalue weighted by Crippen LogP contribution is 2.36. The molecule has 1 aromatic carbocycles.